The standard InChI is InChI=1S/2C15H28.C12H24.C8H18/c1-12-3-7-14(8-4-12)11-15-9-5-13(2)6-10-15;1-15(2,13-9-5-3-6-10-13)14-11-7-4-8-12-14;1-6-12(5)8-10(2)7-11(3,4)9-12;1-3-5-7-8-6-4-2/h12-15H,3-11H2,1-2H3;13-14H,3-12H2,1-2H3;10H,6-9H2,1-5H3;3-8H2,1-2H3. The Labute approximate surface area is 319 Å². The van der Waals surface area contributed by atoms with Crippen LogP contribution in [0.3, 0.4) is 0 Å². The van der Waals surface area contributed by atoms with E-state index in [4.69, 9.17) is 0 Å². The fourth-order valence-electron chi connectivity index (χ4n) is 11.9. The van der Waals surface area contributed by atoms with Gasteiger partial charge in [0.25, 0.3) is 0 Å². The van der Waals surface area contributed by atoms with E-state index in [0.29, 0.717) is 16.2 Å². The van der Waals surface area contributed by atoms with Crippen molar-refractivity contribution in [3.63, 3.8) is 0 Å². The van der Waals surface area contributed by atoms with Crippen molar-refractivity contribution in [3.05, 3.63) is 0 Å². The van der Waals surface area contributed by atoms with Crippen LogP contribution in [-0.2, 0) is 0 Å². The van der Waals surface area contributed by atoms with Crippen molar-refractivity contribution < 1.29 is 0 Å². The molecule has 0 radical (unpaired) electrons. The Kier molecular flexibility index (Phi) is 22.5. The van der Waals surface area contributed by atoms with Gasteiger partial charge in [0, 0.05) is 0 Å². The van der Waals surface area contributed by atoms with Gasteiger partial charge in [-0.3, -0.25) is 0 Å². The molecule has 2 unspecified atom stereocenters. The SMILES string of the molecule is CC(C)(C1CCCCC1)C1CCCCC1.CC1CCC(CC2CCC(C)CC2)CC1.CCC1(C)CC(C)CC(C)(C)C1.CCCCCCCC. The molecule has 5 rings (SSSR count). The summed E-state index contributed by atoms with van der Waals surface area (Å²) in [5, 5.41) is 0. The van der Waals surface area contributed by atoms with E-state index in [1.54, 1.807) is 6.42 Å². The fraction of sp³-hybridized carbons (Fsp3) is 1.00. The first-order valence-corrected chi connectivity index (χ1v) is 23.7. The Hall–Kier alpha value is 0. The summed E-state index contributed by atoms with van der Waals surface area (Å²) < 4.78 is 0. The van der Waals surface area contributed by atoms with E-state index in [0.717, 1.165) is 41.4 Å². The molecule has 5 fully saturated rings. The molecule has 0 spiro atoms. The van der Waals surface area contributed by atoms with Crippen LogP contribution in [0.2, 0.25) is 0 Å². The average molecular weight is 699 g/mol. The van der Waals surface area contributed by atoms with Crippen LogP contribution < -0.4 is 0 Å². The summed E-state index contributed by atoms with van der Waals surface area (Å²) >= 11 is 0. The summed E-state index contributed by atoms with van der Waals surface area (Å²) in [7, 11) is 0. The quantitative estimate of drug-likeness (QED) is 0.199. The van der Waals surface area contributed by atoms with Gasteiger partial charge in [0.1, 0.15) is 0 Å². The van der Waals surface area contributed by atoms with E-state index >= 15 is 0 Å². The second kappa shape index (κ2) is 24.4. The molecule has 0 heterocycles. The molecule has 0 aromatic heterocycles. The Morgan fingerprint density at radius 1 is 0.480 bits per heavy atom. The lowest BCUT2D eigenvalue weighted by Gasteiger charge is -2.45. The first-order valence-electron chi connectivity index (χ1n) is 23.7. The number of unbranched alkanes of at least 4 members (excludes halogenated alkanes) is 5. The van der Waals surface area contributed by atoms with Gasteiger partial charge in [-0.25, -0.2) is 0 Å². The molecule has 298 valence electrons. The van der Waals surface area contributed by atoms with Crippen LogP contribution in [0.25, 0.3) is 0 Å². The molecule has 0 saturated heterocycles. The maximum absolute atomic E-state index is 2.57. The maximum Gasteiger partial charge on any atom is -0.0298 e. The fourth-order valence-corrected chi connectivity index (χ4v) is 11.9. The lowest BCUT2D eigenvalue weighted by atomic mass is 9.60. The molecule has 0 heteroatoms. The Morgan fingerprint density at radius 3 is 1.22 bits per heavy atom. The molecule has 5 aliphatic carbocycles. The van der Waals surface area contributed by atoms with Crippen molar-refractivity contribution in [2.24, 2.45) is 57.7 Å². The summed E-state index contributed by atoms with van der Waals surface area (Å²) in [6, 6.07) is 0. The average Bonchev–Trinajstić information content (AvgIpc) is 3.09. The highest BCUT2D eigenvalue weighted by molar-refractivity contribution is 4.90. The second-order valence-corrected chi connectivity index (χ2v) is 21.4. The number of hydrogen-bond acceptors (Lipinski definition) is 0. The third kappa shape index (κ3) is 18.4. The second-order valence-electron chi connectivity index (χ2n) is 21.4. The van der Waals surface area contributed by atoms with E-state index in [1.165, 1.54) is 180 Å². The van der Waals surface area contributed by atoms with E-state index < -0.39 is 0 Å². The van der Waals surface area contributed by atoms with Crippen molar-refractivity contribution >= 4 is 0 Å². The van der Waals surface area contributed by atoms with E-state index in [1.807, 2.05) is 0 Å². The smallest absolute Gasteiger partial charge is 0.0298 e. The first kappa shape index (κ1) is 46.2. The van der Waals surface area contributed by atoms with Crippen LogP contribution >= 0.6 is 0 Å². The molecule has 5 saturated carbocycles. The van der Waals surface area contributed by atoms with Gasteiger partial charge in [-0.05, 0) is 109 Å². The summed E-state index contributed by atoms with van der Waals surface area (Å²) in [4.78, 5) is 0. The van der Waals surface area contributed by atoms with Crippen molar-refractivity contribution in [2.75, 3.05) is 0 Å². The molecule has 0 aromatic carbocycles. The molecule has 0 N–H and O–H groups in total. The van der Waals surface area contributed by atoms with E-state index in [-0.39, 0.29) is 0 Å². The molecule has 0 nitrogen and oxygen atoms in total. The monoisotopic (exact) mass is 699 g/mol. The van der Waals surface area contributed by atoms with Crippen molar-refractivity contribution in [1.82, 2.24) is 0 Å². The van der Waals surface area contributed by atoms with Crippen LogP contribution in [0, 0.1) is 57.7 Å². The molecule has 0 aliphatic heterocycles. The Morgan fingerprint density at radius 2 is 0.880 bits per heavy atom. The van der Waals surface area contributed by atoms with Gasteiger partial charge in [0.15, 0.2) is 0 Å². The van der Waals surface area contributed by atoms with Gasteiger partial charge < -0.3 is 0 Å². The molecular formula is C50H98. The summed E-state index contributed by atoms with van der Waals surface area (Å²) in [5.74, 6) is 7.24. The van der Waals surface area contributed by atoms with Gasteiger partial charge in [-0.2, -0.15) is 0 Å². The zero-order chi connectivity index (χ0) is 37.0. The summed E-state index contributed by atoms with van der Waals surface area (Å²) in [5.41, 5.74) is 1.85. The van der Waals surface area contributed by atoms with Crippen LogP contribution in [0.5, 0.6) is 0 Å². The maximum atomic E-state index is 2.57. The largest absolute Gasteiger partial charge is 0.0654 e. The molecule has 50 heavy (non-hydrogen) atoms. The Balaban J connectivity index is 0.000000237. The zero-order valence-corrected chi connectivity index (χ0v) is 37.0. The summed E-state index contributed by atoms with van der Waals surface area (Å²) in [6.07, 6.45) is 42.9. The van der Waals surface area contributed by atoms with E-state index in [9.17, 15) is 0 Å². The highest BCUT2D eigenvalue weighted by atomic mass is 14.4. The number of rotatable bonds is 10. The normalized spacial score (nSPS) is 32.3. The third-order valence-corrected chi connectivity index (χ3v) is 15.2. The van der Waals surface area contributed by atoms with Gasteiger partial charge in [-0.1, -0.05) is 211 Å². The van der Waals surface area contributed by atoms with Crippen molar-refractivity contribution in [1.29, 1.82) is 0 Å². The highest BCUT2D eigenvalue weighted by Crippen LogP contribution is 2.50. The first-order chi connectivity index (χ1) is 23.7. The predicted molar refractivity (Wildman–Crippen MR) is 228 cm³/mol. The topological polar surface area (TPSA) is 0 Å². The van der Waals surface area contributed by atoms with E-state index in [2.05, 4.69) is 76.2 Å². The van der Waals surface area contributed by atoms with Crippen molar-refractivity contribution in [2.45, 2.75) is 262 Å². The molecular weight excluding hydrogens is 601 g/mol. The predicted octanol–water partition coefficient (Wildman–Crippen LogP) is 17.8. The van der Waals surface area contributed by atoms with Crippen LogP contribution in [0.1, 0.15) is 262 Å². The van der Waals surface area contributed by atoms with Gasteiger partial charge in [0.2, 0.25) is 0 Å². The number of hydrogen-bond donors (Lipinski definition) is 0. The van der Waals surface area contributed by atoms with Gasteiger partial charge in [0.05, 0.1) is 0 Å². The molecule has 0 aromatic rings. The lowest BCUT2D eigenvalue weighted by Crippen LogP contribution is -2.35. The molecule has 0 amide bonds. The van der Waals surface area contributed by atoms with Gasteiger partial charge in [-0.15, -0.1) is 0 Å². The van der Waals surface area contributed by atoms with Crippen molar-refractivity contribution in [3.8, 4) is 0 Å². The Bertz CT molecular complexity index is 746. The minimum absolute atomic E-state index is 0.586. The van der Waals surface area contributed by atoms with Gasteiger partial charge >= 0.3 is 0 Å². The lowest BCUT2D eigenvalue weighted by molar-refractivity contribution is 0.0581. The highest BCUT2D eigenvalue weighted by Gasteiger charge is 2.39. The third-order valence-electron chi connectivity index (χ3n) is 15.2. The minimum Gasteiger partial charge on any atom is -0.0654 e. The molecule has 0 bridgehead atoms. The van der Waals surface area contributed by atoms with Crippen LogP contribution in [0.15, 0.2) is 0 Å². The van der Waals surface area contributed by atoms with Crippen LogP contribution in [-0.4, -0.2) is 0 Å². The molecule has 5 aliphatic rings. The summed E-state index contributed by atoms with van der Waals surface area (Å²) in [6.45, 7) is 26.6. The minimum atomic E-state index is 0.586. The zero-order valence-electron chi connectivity index (χ0n) is 37.0. The molecule has 2 atom stereocenters. The van der Waals surface area contributed by atoms with Crippen LogP contribution in [0.4, 0.5) is 0 Å².